The molecule has 0 saturated carbocycles. The average Bonchev–Trinajstić information content (AvgIpc) is 3.48. The Kier molecular flexibility index (Phi) is 16.8. The Hall–Kier alpha value is -4.42. The van der Waals surface area contributed by atoms with Crippen LogP contribution >= 0.6 is 12.6 Å². The summed E-state index contributed by atoms with van der Waals surface area (Å²) in [6.07, 6.45) is -0.772. The Bertz CT molecular complexity index is 1230. The largest absolute Gasteiger partial charge is 0.481 e. The fourth-order valence-electron chi connectivity index (χ4n) is 4.93. The molecule has 0 radical (unpaired) electrons. The number of carbonyl (C=O) groups is 9. The van der Waals surface area contributed by atoms with E-state index in [2.05, 4.69) is 39.2 Å². The number of nitrogens with zero attached hydrogens (tertiary/aromatic N) is 1. The van der Waals surface area contributed by atoms with E-state index in [1.165, 1.54) is 4.90 Å². The van der Waals surface area contributed by atoms with Crippen LogP contribution in [0.2, 0.25) is 0 Å². The van der Waals surface area contributed by atoms with Crippen LogP contribution in [-0.2, 0) is 43.2 Å². The highest BCUT2D eigenvalue weighted by Gasteiger charge is 2.41. The second-order valence-electron chi connectivity index (χ2n) is 11.9. The van der Waals surface area contributed by atoms with Crippen molar-refractivity contribution in [2.45, 2.75) is 103 Å². The van der Waals surface area contributed by atoms with Gasteiger partial charge in [-0.1, -0.05) is 34.1 Å². The van der Waals surface area contributed by atoms with Gasteiger partial charge in [-0.15, -0.1) is 0 Å². The molecule has 1 aliphatic rings. The highest BCUT2D eigenvalue weighted by Crippen LogP contribution is 2.21. The number of nitrogens with one attached hydrogen (secondary N) is 5. The first-order valence-corrected chi connectivity index (χ1v) is 16.0. The van der Waals surface area contributed by atoms with Gasteiger partial charge in [0.2, 0.25) is 35.4 Å². The van der Waals surface area contributed by atoms with Crippen molar-refractivity contribution in [3.8, 4) is 0 Å². The summed E-state index contributed by atoms with van der Waals surface area (Å²) in [6.45, 7) is 7.82. The zero-order chi connectivity index (χ0) is 36.9. The number of hydrogen-bond donors (Lipinski definition) is 9. The van der Waals surface area contributed by atoms with Crippen LogP contribution in [0.3, 0.4) is 0 Å². The van der Waals surface area contributed by atoms with Gasteiger partial charge in [-0.25, -0.2) is 4.79 Å². The highest BCUT2D eigenvalue weighted by atomic mass is 32.1. The van der Waals surface area contributed by atoms with Crippen molar-refractivity contribution >= 4 is 66.0 Å². The summed E-state index contributed by atoms with van der Waals surface area (Å²) in [5.74, 6) is -10.6. The van der Waals surface area contributed by atoms with Crippen LogP contribution < -0.4 is 26.6 Å². The van der Waals surface area contributed by atoms with Crippen LogP contribution in [0.5, 0.6) is 0 Å². The number of rotatable bonds is 19. The number of carboxylic acid groups (broad SMARTS) is 3. The molecule has 18 nitrogen and oxygen atoms in total. The Labute approximate surface area is 282 Å². The predicted octanol–water partition coefficient (Wildman–Crippen LogP) is -1.91. The maximum Gasteiger partial charge on any atom is 0.327 e. The van der Waals surface area contributed by atoms with Crippen LogP contribution in [0.4, 0.5) is 0 Å². The molecular formula is C29H46N6O12S. The lowest BCUT2D eigenvalue weighted by atomic mass is 9.95. The lowest BCUT2D eigenvalue weighted by Gasteiger charge is -2.33. The van der Waals surface area contributed by atoms with Crippen LogP contribution in [-0.4, -0.2) is 122 Å². The van der Waals surface area contributed by atoms with Crippen LogP contribution in [0.25, 0.3) is 0 Å². The third kappa shape index (κ3) is 12.6. The molecule has 6 amide bonds. The number of carbonyl (C=O) groups excluding carboxylic acids is 6. The van der Waals surface area contributed by atoms with Crippen molar-refractivity contribution in [1.29, 1.82) is 0 Å². The van der Waals surface area contributed by atoms with Gasteiger partial charge in [0.1, 0.15) is 36.3 Å². The van der Waals surface area contributed by atoms with Crippen LogP contribution in [0.15, 0.2) is 0 Å². The molecule has 270 valence electrons. The van der Waals surface area contributed by atoms with E-state index in [4.69, 9.17) is 5.11 Å². The monoisotopic (exact) mass is 702 g/mol. The number of likely N-dealkylation sites (tertiary alicyclic amines) is 1. The standard InChI is InChI=1S/C29H46N6O12S/c1-6-14(4)23(34-25(42)17(11-21(39)40)31-24(41)16(10-20(37)38)30-15(5)36)27(44)33-22(13(2)3)28(45)35-9-7-8-19(35)26(43)32-18(12-48)29(46)47/h13-14,16-19,22-23,48H,6-12H2,1-5H3,(H,30,36)(H,31,41)(H,32,43)(H,33,44)(H,34,42)(H,37,38)(H,39,40)(H,46,47)/t14?,16-,17-,18-,19+,22-,23-/m0/s1. The van der Waals surface area contributed by atoms with Gasteiger partial charge >= 0.3 is 17.9 Å². The molecular weight excluding hydrogens is 656 g/mol. The lowest BCUT2D eigenvalue weighted by Crippen LogP contribution is -2.61. The first-order chi connectivity index (χ1) is 22.3. The van der Waals surface area contributed by atoms with Gasteiger partial charge in [0.05, 0.1) is 12.8 Å². The summed E-state index contributed by atoms with van der Waals surface area (Å²) in [5.41, 5.74) is 0. The molecule has 0 aromatic carbocycles. The third-order valence-corrected chi connectivity index (χ3v) is 8.11. The maximum absolute atomic E-state index is 13.7. The van der Waals surface area contributed by atoms with Gasteiger partial charge in [-0.2, -0.15) is 12.6 Å². The van der Waals surface area contributed by atoms with Crippen molar-refractivity contribution < 1.29 is 58.5 Å². The lowest BCUT2D eigenvalue weighted by molar-refractivity contribution is -0.145. The van der Waals surface area contributed by atoms with E-state index in [0.717, 1.165) is 6.92 Å². The molecule has 0 aliphatic carbocycles. The third-order valence-electron chi connectivity index (χ3n) is 7.74. The quantitative estimate of drug-likeness (QED) is 0.0667. The van der Waals surface area contributed by atoms with E-state index in [0.29, 0.717) is 12.8 Å². The predicted molar refractivity (Wildman–Crippen MR) is 170 cm³/mol. The van der Waals surface area contributed by atoms with Gasteiger partial charge in [-0.05, 0) is 24.7 Å². The van der Waals surface area contributed by atoms with Crippen molar-refractivity contribution in [1.82, 2.24) is 31.5 Å². The zero-order valence-corrected chi connectivity index (χ0v) is 28.4. The smallest absolute Gasteiger partial charge is 0.327 e. The molecule has 1 aliphatic heterocycles. The average molecular weight is 703 g/mol. The van der Waals surface area contributed by atoms with E-state index in [1.807, 2.05) is 0 Å². The number of amides is 6. The molecule has 1 rings (SSSR count). The molecule has 1 heterocycles. The Morgan fingerprint density at radius 3 is 1.73 bits per heavy atom. The summed E-state index contributed by atoms with van der Waals surface area (Å²) in [6, 6.07) is -8.19. The molecule has 0 spiro atoms. The van der Waals surface area contributed by atoms with E-state index < -0.39 is 114 Å². The molecule has 48 heavy (non-hydrogen) atoms. The maximum atomic E-state index is 13.7. The molecule has 19 heteroatoms. The summed E-state index contributed by atoms with van der Waals surface area (Å²) in [7, 11) is 0. The van der Waals surface area contributed by atoms with E-state index in [9.17, 15) is 53.4 Å². The first kappa shape index (κ1) is 41.6. The van der Waals surface area contributed by atoms with E-state index >= 15 is 0 Å². The molecule has 1 saturated heterocycles. The van der Waals surface area contributed by atoms with Crippen molar-refractivity contribution in [3.05, 3.63) is 0 Å². The molecule has 0 aromatic heterocycles. The summed E-state index contributed by atoms with van der Waals surface area (Å²) >= 11 is 3.94. The molecule has 0 aromatic rings. The summed E-state index contributed by atoms with van der Waals surface area (Å²) in [4.78, 5) is 113. The molecule has 8 N–H and O–H groups in total. The Balaban J connectivity index is 3.23. The Morgan fingerprint density at radius 1 is 0.750 bits per heavy atom. The minimum Gasteiger partial charge on any atom is -0.481 e. The zero-order valence-electron chi connectivity index (χ0n) is 27.5. The fraction of sp³-hybridized carbons (Fsp3) is 0.690. The second-order valence-corrected chi connectivity index (χ2v) is 12.2. The van der Waals surface area contributed by atoms with Gasteiger partial charge in [0.25, 0.3) is 0 Å². The molecule has 7 atom stereocenters. The number of thiol groups is 1. The topological polar surface area (TPSA) is 278 Å². The van der Waals surface area contributed by atoms with Crippen molar-refractivity contribution in [3.63, 3.8) is 0 Å². The SMILES string of the molecule is CCC(C)[C@H](NC(=O)[C@H](CC(=O)O)NC(=O)[C@H](CC(=O)O)NC(C)=O)C(=O)N[C@H](C(=O)N1CCC[C@@H]1C(=O)N[C@@H](CS)C(=O)O)C(C)C. The van der Waals surface area contributed by atoms with E-state index in [1.54, 1.807) is 27.7 Å². The Morgan fingerprint density at radius 2 is 1.27 bits per heavy atom. The molecule has 0 bridgehead atoms. The highest BCUT2D eigenvalue weighted by molar-refractivity contribution is 7.80. The molecule has 1 unspecified atom stereocenters. The summed E-state index contributed by atoms with van der Waals surface area (Å²) < 4.78 is 0. The van der Waals surface area contributed by atoms with Crippen molar-refractivity contribution in [2.75, 3.05) is 12.3 Å². The van der Waals surface area contributed by atoms with Gasteiger partial charge in [0, 0.05) is 19.2 Å². The van der Waals surface area contributed by atoms with Crippen LogP contribution in [0.1, 0.15) is 66.7 Å². The number of carboxylic acids is 3. The summed E-state index contributed by atoms with van der Waals surface area (Å²) in [5, 5.41) is 39.5. The van der Waals surface area contributed by atoms with Gasteiger partial charge < -0.3 is 46.8 Å². The van der Waals surface area contributed by atoms with Crippen LogP contribution in [0, 0.1) is 11.8 Å². The number of hydrogen-bond acceptors (Lipinski definition) is 10. The molecule has 1 fully saturated rings. The van der Waals surface area contributed by atoms with Gasteiger partial charge in [0.15, 0.2) is 0 Å². The fourth-order valence-corrected chi connectivity index (χ4v) is 5.18. The van der Waals surface area contributed by atoms with Gasteiger partial charge in [-0.3, -0.25) is 38.4 Å². The second kappa shape index (κ2) is 19.4. The van der Waals surface area contributed by atoms with Crippen molar-refractivity contribution in [2.24, 2.45) is 11.8 Å². The number of aliphatic carboxylic acids is 3. The minimum atomic E-state index is -1.78. The first-order valence-electron chi connectivity index (χ1n) is 15.4. The van der Waals surface area contributed by atoms with E-state index in [-0.39, 0.29) is 18.7 Å². The normalized spacial score (nSPS) is 17.9. The minimum absolute atomic E-state index is 0.165.